The number of hydrogen-bond donors (Lipinski definition) is 1. The van der Waals surface area contributed by atoms with Crippen LogP contribution in [0, 0.1) is 23.5 Å². The van der Waals surface area contributed by atoms with E-state index in [1.807, 2.05) is 83.1 Å². The second kappa shape index (κ2) is 18.3. The molecule has 0 saturated carbocycles. The van der Waals surface area contributed by atoms with Gasteiger partial charge in [-0.25, -0.2) is 28.1 Å². The number of fused-ring (bicyclic) bond motifs is 2. The van der Waals surface area contributed by atoms with Crippen molar-refractivity contribution in [3.8, 4) is 0 Å². The zero-order valence-electron chi connectivity index (χ0n) is 34.9. The number of halogens is 2. The van der Waals surface area contributed by atoms with Gasteiger partial charge in [0.05, 0.1) is 36.7 Å². The number of cyclic esters (lactones) is 1. The van der Waals surface area contributed by atoms with E-state index in [-0.39, 0.29) is 37.5 Å². The number of aldehydes is 1. The van der Waals surface area contributed by atoms with E-state index in [9.17, 15) is 37.9 Å². The van der Waals surface area contributed by atoms with Gasteiger partial charge in [0.25, 0.3) is 0 Å². The van der Waals surface area contributed by atoms with E-state index in [2.05, 4.69) is 0 Å². The summed E-state index contributed by atoms with van der Waals surface area (Å²) in [6, 6.07) is 16.3. The number of hydrogen-bond acceptors (Lipinski definition) is 9. The molecule has 0 radical (unpaired) electrons. The lowest BCUT2D eigenvalue weighted by Crippen LogP contribution is -2.57. The maximum Gasteiger partial charge on any atom is 0.416 e. The second-order valence-electron chi connectivity index (χ2n) is 17.6. The summed E-state index contributed by atoms with van der Waals surface area (Å²) in [5.74, 6) is -3.87. The van der Waals surface area contributed by atoms with Crippen LogP contribution in [-0.4, -0.2) is 92.3 Å². The van der Waals surface area contributed by atoms with Gasteiger partial charge < -0.3 is 24.1 Å². The first-order chi connectivity index (χ1) is 27.6. The van der Waals surface area contributed by atoms with Crippen LogP contribution in [0.25, 0.3) is 0 Å². The van der Waals surface area contributed by atoms with E-state index < -0.39 is 77.2 Å². The highest BCUT2D eigenvalue weighted by atomic mass is 19.1. The Morgan fingerprint density at radius 2 is 1.29 bits per heavy atom. The van der Waals surface area contributed by atoms with Crippen LogP contribution in [0.2, 0.25) is 0 Å². The first-order valence-corrected chi connectivity index (χ1v) is 19.9. The molecule has 59 heavy (non-hydrogen) atoms. The van der Waals surface area contributed by atoms with E-state index >= 15 is 0 Å². The van der Waals surface area contributed by atoms with Crippen molar-refractivity contribution in [2.45, 2.75) is 123 Å². The number of aliphatic hydroxyl groups is 1. The molecular formula is C45H55F2N3O9. The van der Waals surface area contributed by atoms with Crippen molar-refractivity contribution in [2.75, 3.05) is 6.61 Å². The van der Waals surface area contributed by atoms with Crippen LogP contribution in [0.1, 0.15) is 83.2 Å². The van der Waals surface area contributed by atoms with Crippen molar-refractivity contribution < 1.29 is 52.1 Å². The molecule has 1 fully saturated rings. The Kier molecular flexibility index (Phi) is 13.9. The zero-order chi connectivity index (χ0) is 43.4. The number of amides is 4. The van der Waals surface area contributed by atoms with Crippen molar-refractivity contribution in [3.05, 3.63) is 106 Å². The fourth-order valence-electron chi connectivity index (χ4n) is 7.53. The van der Waals surface area contributed by atoms with E-state index in [0.717, 1.165) is 45.6 Å². The highest BCUT2D eigenvalue weighted by molar-refractivity contribution is 5.95. The van der Waals surface area contributed by atoms with Gasteiger partial charge in [-0.05, 0) is 100 Å². The normalized spacial score (nSPS) is 20.0. The predicted octanol–water partition coefficient (Wildman–Crippen LogP) is 7.40. The smallest absolute Gasteiger partial charge is 0.416 e. The molecule has 0 aliphatic carbocycles. The lowest BCUT2D eigenvalue weighted by Gasteiger charge is -2.42. The maximum absolute atomic E-state index is 14.1. The minimum atomic E-state index is -1.51. The van der Waals surface area contributed by atoms with Gasteiger partial charge in [0.1, 0.15) is 35.7 Å². The highest BCUT2D eigenvalue weighted by Gasteiger charge is 2.48. The molecule has 1 saturated heterocycles. The van der Waals surface area contributed by atoms with Crippen molar-refractivity contribution in [3.63, 3.8) is 0 Å². The van der Waals surface area contributed by atoms with Crippen LogP contribution in [-0.2, 0) is 56.2 Å². The van der Waals surface area contributed by atoms with Crippen molar-refractivity contribution in [2.24, 2.45) is 11.8 Å². The van der Waals surface area contributed by atoms with Gasteiger partial charge >= 0.3 is 18.3 Å². The molecule has 0 unspecified atom stereocenters. The summed E-state index contributed by atoms with van der Waals surface area (Å²) in [5, 5.41) is 11.9. The number of nitrogens with zero attached hydrogens (tertiary/aromatic N) is 3. The summed E-state index contributed by atoms with van der Waals surface area (Å²) in [6.07, 6.45) is -2.16. The molecule has 0 spiro atoms. The molecule has 6 rings (SSSR count). The zero-order valence-corrected chi connectivity index (χ0v) is 34.9. The van der Waals surface area contributed by atoms with Gasteiger partial charge in [0.15, 0.2) is 0 Å². The molecule has 3 aromatic rings. The molecule has 0 bridgehead atoms. The monoisotopic (exact) mass is 819 g/mol. The average molecular weight is 820 g/mol. The lowest BCUT2D eigenvalue weighted by atomic mass is 9.82. The Balaban J connectivity index is 0.000000290. The van der Waals surface area contributed by atoms with Crippen molar-refractivity contribution in [1.29, 1.82) is 0 Å². The highest BCUT2D eigenvalue weighted by Crippen LogP contribution is 2.33. The molecule has 1 N–H and O–H groups in total. The third-order valence-electron chi connectivity index (χ3n) is 10.4. The lowest BCUT2D eigenvalue weighted by molar-refractivity contribution is -0.140. The van der Waals surface area contributed by atoms with Gasteiger partial charge in [-0.15, -0.1) is 0 Å². The van der Waals surface area contributed by atoms with E-state index in [4.69, 9.17) is 14.2 Å². The molecule has 318 valence electrons. The number of rotatable bonds is 7. The van der Waals surface area contributed by atoms with Crippen molar-refractivity contribution >= 4 is 30.5 Å². The van der Waals surface area contributed by atoms with Gasteiger partial charge in [-0.3, -0.25) is 14.6 Å². The van der Waals surface area contributed by atoms with Crippen LogP contribution >= 0.6 is 0 Å². The molecule has 3 aliphatic heterocycles. The summed E-state index contributed by atoms with van der Waals surface area (Å²) in [4.78, 5) is 67.3. The Bertz CT molecular complexity index is 2010. The standard InChI is InChI=1S/C30H36F2N2O6.C15H19NO3/c1-17(2)25-16-39-29(38)34(25)27(36)23(12-18-10-21(31)14-22(32)11-18)26(35)24-13-19-8-6-7-9-20(19)15-33(24)28(37)40-30(3,4)5;1-15(2,3)19-14(18)16-9-12-7-5-4-6-11(12)8-13(16)10-17/h6-11,14,17,23-26,35H,12-13,15-16H2,1-5H3;4-7,10,13H,8-9H2,1-3H3/t23-,24+,25+,26-;13-/m01/s1. The first-order valence-electron chi connectivity index (χ1n) is 19.9. The molecule has 12 nitrogen and oxygen atoms in total. The molecule has 3 aromatic carbocycles. The Labute approximate surface area is 344 Å². The topological polar surface area (TPSA) is 143 Å². The van der Waals surface area contributed by atoms with Crippen LogP contribution in [0.15, 0.2) is 66.7 Å². The molecule has 3 aliphatic rings. The van der Waals surface area contributed by atoms with Crippen LogP contribution in [0.4, 0.5) is 23.2 Å². The Morgan fingerprint density at radius 3 is 1.80 bits per heavy atom. The predicted molar refractivity (Wildman–Crippen MR) is 214 cm³/mol. The Morgan fingerprint density at radius 1 is 0.797 bits per heavy atom. The minimum Gasteiger partial charge on any atom is -0.447 e. The van der Waals surface area contributed by atoms with Crippen LogP contribution in [0.3, 0.4) is 0 Å². The summed E-state index contributed by atoms with van der Waals surface area (Å²) in [6.45, 7) is 14.9. The molecule has 3 heterocycles. The van der Waals surface area contributed by atoms with E-state index in [1.54, 1.807) is 20.8 Å². The Hall–Kier alpha value is -5.37. The summed E-state index contributed by atoms with van der Waals surface area (Å²) >= 11 is 0. The number of carbonyl (C=O) groups is 5. The number of carbonyl (C=O) groups excluding carboxylic acids is 5. The third kappa shape index (κ3) is 11.2. The van der Waals surface area contributed by atoms with Crippen LogP contribution in [0.5, 0.6) is 0 Å². The van der Waals surface area contributed by atoms with Gasteiger partial charge in [-0.1, -0.05) is 62.4 Å². The summed E-state index contributed by atoms with van der Waals surface area (Å²) in [5.41, 5.74) is 2.71. The van der Waals surface area contributed by atoms with Gasteiger partial charge in [-0.2, -0.15) is 0 Å². The number of imide groups is 1. The number of aliphatic hydroxyl groups excluding tert-OH is 1. The van der Waals surface area contributed by atoms with E-state index in [0.29, 0.717) is 19.0 Å². The minimum absolute atomic E-state index is 0.000482. The largest absolute Gasteiger partial charge is 0.447 e. The summed E-state index contributed by atoms with van der Waals surface area (Å²) < 4.78 is 44.4. The third-order valence-corrected chi connectivity index (χ3v) is 10.4. The van der Waals surface area contributed by atoms with E-state index in [1.165, 1.54) is 9.80 Å². The van der Waals surface area contributed by atoms with Gasteiger partial charge in [0.2, 0.25) is 5.91 Å². The van der Waals surface area contributed by atoms with Crippen LogP contribution < -0.4 is 0 Å². The quantitative estimate of drug-likeness (QED) is 0.191. The second-order valence-corrected chi connectivity index (χ2v) is 17.6. The maximum atomic E-state index is 14.1. The first kappa shape index (κ1) is 44.7. The molecule has 0 aromatic heterocycles. The average Bonchev–Trinajstić information content (AvgIpc) is 3.55. The molecule has 5 atom stereocenters. The molecule has 4 amide bonds. The molecule has 14 heteroatoms. The van der Waals surface area contributed by atoms with Gasteiger partial charge in [0, 0.05) is 19.0 Å². The SMILES string of the molecule is CC(C)(C)OC(=O)N1Cc2ccccc2C[C@@H]1C=O.CC(C)[C@H]1COC(=O)N1C(=O)[C@@H](Cc1cc(F)cc(F)c1)[C@H](O)[C@H]1Cc2ccccc2CN1C(=O)OC(C)(C)C. The number of ether oxygens (including phenoxy) is 3. The van der Waals surface area contributed by atoms with Crippen molar-refractivity contribution in [1.82, 2.24) is 14.7 Å². The number of benzene rings is 3. The fourth-order valence-corrected chi connectivity index (χ4v) is 7.53. The summed E-state index contributed by atoms with van der Waals surface area (Å²) in [7, 11) is 0. The molecular weight excluding hydrogens is 765 g/mol. The fraction of sp³-hybridized carbons (Fsp3) is 0.489.